The average Bonchev–Trinajstić information content (AvgIpc) is 2.63. The molecule has 0 saturated heterocycles. The van der Waals surface area contributed by atoms with E-state index in [1.54, 1.807) is 30.3 Å². The minimum atomic E-state index is -0.547. The van der Waals surface area contributed by atoms with Gasteiger partial charge in [-0.15, -0.1) is 12.4 Å². The SMILES string of the molecule is COC(=O)CC(NC(=O)CN)c1ccc(-c2ccc(F)c(Cl)c2)cc1.Cl. The van der Waals surface area contributed by atoms with Crippen LogP contribution in [0.2, 0.25) is 5.02 Å². The Morgan fingerprint density at radius 1 is 1.19 bits per heavy atom. The van der Waals surface area contributed by atoms with Crippen molar-refractivity contribution in [3.8, 4) is 11.1 Å². The van der Waals surface area contributed by atoms with E-state index in [9.17, 15) is 14.0 Å². The number of rotatable bonds is 6. The minimum absolute atomic E-state index is 0. The molecule has 0 aliphatic heterocycles. The summed E-state index contributed by atoms with van der Waals surface area (Å²) in [4.78, 5) is 23.2. The molecule has 0 fully saturated rings. The molecule has 2 aromatic carbocycles. The number of benzene rings is 2. The van der Waals surface area contributed by atoms with Gasteiger partial charge in [0.25, 0.3) is 0 Å². The van der Waals surface area contributed by atoms with Gasteiger partial charge in [-0.25, -0.2) is 4.39 Å². The summed E-state index contributed by atoms with van der Waals surface area (Å²) in [5.74, 6) is -1.30. The summed E-state index contributed by atoms with van der Waals surface area (Å²) in [5, 5.41) is 2.73. The lowest BCUT2D eigenvalue weighted by atomic mass is 9.99. The molecule has 0 aromatic heterocycles. The molecule has 0 bridgehead atoms. The molecule has 0 spiro atoms. The Bertz CT molecular complexity index is 752. The van der Waals surface area contributed by atoms with Gasteiger partial charge >= 0.3 is 5.97 Å². The standard InChI is InChI=1S/C18H18ClFN2O3.ClH/c1-25-18(24)9-16(22-17(23)10-21)12-4-2-11(3-5-12)13-6-7-15(20)14(19)8-13;/h2-8,16H,9-10,21H2,1H3,(H,22,23);1H. The first-order chi connectivity index (χ1) is 11.9. The first kappa shape index (κ1) is 21.9. The number of hydrogen-bond donors (Lipinski definition) is 2. The van der Waals surface area contributed by atoms with Crippen molar-refractivity contribution in [2.45, 2.75) is 12.5 Å². The van der Waals surface area contributed by atoms with Crippen molar-refractivity contribution >= 4 is 35.9 Å². The Morgan fingerprint density at radius 2 is 1.81 bits per heavy atom. The van der Waals surface area contributed by atoms with Crippen LogP contribution in [-0.2, 0) is 14.3 Å². The van der Waals surface area contributed by atoms with E-state index in [-0.39, 0.29) is 36.3 Å². The Balaban J connectivity index is 0.00000338. The first-order valence-electron chi connectivity index (χ1n) is 7.56. The summed E-state index contributed by atoms with van der Waals surface area (Å²) in [5.41, 5.74) is 7.63. The van der Waals surface area contributed by atoms with Gasteiger partial charge in [0.15, 0.2) is 0 Å². The molecule has 8 heteroatoms. The van der Waals surface area contributed by atoms with E-state index in [0.717, 1.165) is 16.7 Å². The van der Waals surface area contributed by atoms with Crippen LogP contribution in [0.4, 0.5) is 4.39 Å². The van der Waals surface area contributed by atoms with E-state index in [0.29, 0.717) is 0 Å². The smallest absolute Gasteiger partial charge is 0.307 e. The average molecular weight is 401 g/mol. The molecule has 1 unspecified atom stereocenters. The lowest BCUT2D eigenvalue weighted by Crippen LogP contribution is -2.35. The topological polar surface area (TPSA) is 81.4 Å². The van der Waals surface area contributed by atoms with Crippen LogP contribution in [0, 0.1) is 5.82 Å². The van der Waals surface area contributed by atoms with Crippen molar-refractivity contribution in [2.24, 2.45) is 5.73 Å². The highest BCUT2D eigenvalue weighted by atomic mass is 35.5. The first-order valence-corrected chi connectivity index (χ1v) is 7.94. The third-order valence-electron chi connectivity index (χ3n) is 3.69. The summed E-state index contributed by atoms with van der Waals surface area (Å²) in [6.07, 6.45) is -0.00996. The van der Waals surface area contributed by atoms with Crippen LogP contribution in [0.1, 0.15) is 18.0 Å². The van der Waals surface area contributed by atoms with Crippen molar-refractivity contribution in [1.29, 1.82) is 0 Å². The number of esters is 1. The molecule has 0 aliphatic carbocycles. The zero-order valence-corrected chi connectivity index (χ0v) is 15.6. The van der Waals surface area contributed by atoms with Crippen molar-refractivity contribution in [3.05, 3.63) is 58.9 Å². The van der Waals surface area contributed by atoms with Crippen LogP contribution in [0.25, 0.3) is 11.1 Å². The molecule has 3 N–H and O–H groups in total. The number of nitrogens with one attached hydrogen (secondary N) is 1. The number of methoxy groups -OCH3 is 1. The maximum absolute atomic E-state index is 13.3. The third kappa shape index (κ3) is 5.69. The molecule has 0 radical (unpaired) electrons. The van der Waals surface area contributed by atoms with Crippen molar-refractivity contribution in [3.63, 3.8) is 0 Å². The van der Waals surface area contributed by atoms with Gasteiger partial charge in [0, 0.05) is 0 Å². The Morgan fingerprint density at radius 3 is 2.35 bits per heavy atom. The second-order valence-corrected chi connectivity index (χ2v) is 5.76. The van der Waals surface area contributed by atoms with Crippen molar-refractivity contribution in [2.75, 3.05) is 13.7 Å². The van der Waals surface area contributed by atoms with E-state index in [1.165, 1.54) is 19.2 Å². The molecule has 0 aliphatic rings. The number of halogens is 3. The molecule has 26 heavy (non-hydrogen) atoms. The predicted molar refractivity (Wildman–Crippen MR) is 101 cm³/mol. The molecule has 2 rings (SSSR count). The summed E-state index contributed by atoms with van der Waals surface area (Å²) in [7, 11) is 1.28. The minimum Gasteiger partial charge on any atom is -0.469 e. The summed E-state index contributed by atoms with van der Waals surface area (Å²) < 4.78 is 17.9. The molecule has 140 valence electrons. The fourth-order valence-electron chi connectivity index (χ4n) is 2.34. The van der Waals surface area contributed by atoms with Crippen LogP contribution in [0.15, 0.2) is 42.5 Å². The molecule has 1 atom stereocenters. The monoisotopic (exact) mass is 400 g/mol. The highest BCUT2D eigenvalue weighted by molar-refractivity contribution is 6.31. The number of carbonyl (C=O) groups excluding carboxylic acids is 2. The van der Waals surface area contributed by atoms with Gasteiger partial charge in [0.1, 0.15) is 5.82 Å². The van der Waals surface area contributed by atoms with Gasteiger partial charge in [-0.05, 0) is 28.8 Å². The third-order valence-corrected chi connectivity index (χ3v) is 3.97. The van der Waals surface area contributed by atoms with Gasteiger partial charge in [0.05, 0.1) is 31.1 Å². The Kier molecular flexibility index (Phi) is 8.51. The largest absolute Gasteiger partial charge is 0.469 e. The second-order valence-electron chi connectivity index (χ2n) is 5.36. The van der Waals surface area contributed by atoms with Crippen LogP contribution in [-0.4, -0.2) is 25.5 Å². The van der Waals surface area contributed by atoms with Crippen molar-refractivity contribution in [1.82, 2.24) is 5.32 Å². The molecule has 0 heterocycles. The molecule has 2 aromatic rings. The fourth-order valence-corrected chi connectivity index (χ4v) is 2.52. The van der Waals surface area contributed by atoms with E-state index in [2.05, 4.69) is 10.1 Å². The van der Waals surface area contributed by atoms with E-state index < -0.39 is 17.8 Å². The molecule has 5 nitrogen and oxygen atoms in total. The van der Waals surface area contributed by atoms with E-state index >= 15 is 0 Å². The van der Waals surface area contributed by atoms with Gasteiger partial charge < -0.3 is 15.8 Å². The maximum Gasteiger partial charge on any atom is 0.307 e. The Labute approximate surface area is 162 Å². The number of nitrogens with two attached hydrogens (primary N) is 1. The molecular formula is C18H19Cl2FN2O3. The predicted octanol–water partition coefficient (Wildman–Crippen LogP) is 3.25. The van der Waals surface area contributed by atoms with Crippen LogP contribution in [0.3, 0.4) is 0 Å². The highest BCUT2D eigenvalue weighted by Crippen LogP contribution is 2.27. The summed E-state index contributed by atoms with van der Waals surface area (Å²) in [6, 6.07) is 11.1. The number of carbonyl (C=O) groups is 2. The number of amides is 1. The fraction of sp³-hybridized carbons (Fsp3) is 0.222. The number of ether oxygens (including phenoxy) is 1. The van der Waals surface area contributed by atoms with Gasteiger partial charge in [0.2, 0.25) is 5.91 Å². The maximum atomic E-state index is 13.3. The number of hydrogen-bond acceptors (Lipinski definition) is 4. The van der Waals surface area contributed by atoms with Crippen LogP contribution < -0.4 is 11.1 Å². The zero-order valence-electron chi connectivity index (χ0n) is 14.0. The zero-order chi connectivity index (χ0) is 18.4. The van der Waals surface area contributed by atoms with Crippen LogP contribution >= 0.6 is 24.0 Å². The van der Waals surface area contributed by atoms with Gasteiger partial charge in [-0.2, -0.15) is 0 Å². The van der Waals surface area contributed by atoms with Crippen LogP contribution in [0.5, 0.6) is 0 Å². The molecule has 1 amide bonds. The lowest BCUT2D eigenvalue weighted by Gasteiger charge is -2.18. The van der Waals surface area contributed by atoms with E-state index in [4.69, 9.17) is 17.3 Å². The normalized spacial score (nSPS) is 11.2. The summed E-state index contributed by atoms with van der Waals surface area (Å²) in [6.45, 7) is -0.177. The van der Waals surface area contributed by atoms with Gasteiger partial charge in [-0.3, -0.25) is 9.59 Å². The quantitative estimate of drug-likeness (QED) is 0.729. The second kappa shape index (κ2) is 10.1. The Hall–Kier alpha value is -2.15. The van der Waals surface area contributed by atoms with Gasteiger partial charge in [-0.1, -0.05) is 41.9 Å². The highest BCUT2D eigenvalue weighted by Gasteiger charge is 2.18. The summed E-state index contributed by atoms with van der Waals surface area (Å²) >= 11 is 5.81. The molecule has 0 saturated carbocycles. The lowest BCUT2D eigenvalue weighted by molar-refractivity contribution is -0.141. The van der Waals surface area contributed by atoms with Crippen molar-refractivity contribution < 1.29 is 18.7 Å². The van der Waals surface area contributed by atoms with E-state index in [1.807, 2.05) is 0 Å². The molecular weight excluding hydrogens is 382 g/mol.